The number of halogens is 1. The first-order valence-corrected chi connectivity index (χ1v) is 12.1. The van der Waals surface area contributed by atoms with Crippen LogP contribution >= 0.6 is 11.6 Å². The van der Waals surface area contributed by atoms with E-state index in [2.05, 4.69) is 10.6 Å². The molecule has 2 aromatic heterocycles. The highest BCUT2D eigenvalue weighted by molar-refractivity contribution is 6.30. The molecule has 0 saturated heterocycles. The molecule has 3 aromatic carbocycles. The molecular weight excluding hydrogens is 474 g/mol. The van der Waals surface area contributed by atoms with Gasteiger partial charge in [0.2, 0.25) is 0 Å². The lowest BCUT2D eigenvalue weighted by Gasteiger charge is -2.30. The molecule has 1 atom stereocenters. The first-order chi connectivity index (χ1) is 17.3. The topological polar surface area (TPSA) is 58.2 Å². The Bertz CT molecular complexity index is 1790. The van der Waals surface area contributed by atoms with Crippen LogP contribution in [0.5, 0.6) is 5.75 Å². The third-order valence-electron chi connectivity index (χ3n) is 6.95. The van der Waals surface area contributed by atoms with E-state index in [0.717, 1.165) is 39.3 Å². The number of aryl methyl sites for hydroxylation is 3. The van der Waals surface area contributed by atoms with Crippen LogP contribution in [-0.4, -0.2) is 13.7 Å². The maximum Gasteiger partial charge on any atom is 0.331 e. The van der Waals surface area contributed by atoms with Gasteiger partial charge in [-0.2, -0.15) is 0 Å². The Hall–Kier alpha value is -4.03. The summed E-state index contributed by atoms with van der Waals surface area (Å²) < 4.78 is 11.4. The maximum atomic E-state index is 13.7. The van der Waals surface area contributed by atoms with Gasteiger partial charge in [0.15, 0.2) is 6.10 Å². The molecule has 0 saturated carbocycles. The second kappa shape index (κ2) is 8.00. The lowest BCUT2D eigenvalue weighted by Crippen LogP contribution is -2.37. The van der Waals surface area contributed by atoms with Crippen molar-refractivity contribution < 1.29 is 4.74 Å². The Morgan fingerprint density at radius 1 is 0.833 bits per heavy atom. The van der Waals surface area contributed by atoms with Gasteiger partial charge in [-0.15, -0.1) is 0 Å². The summed E-state index contributed by atoms with van der Waals surface area (Å²) in [5, 5.41) is 1.10. The molecule has 6 rings (SSSR count). The maximum absolute atomic E-state index is 13.7. The van der Waals surface area contributed by atoms with E-state index in [-0.39, 0.29) is 11.2 Å². The zero-order valence-electron chi connectivity index (χ0n) is 20.4. The van der Waals surface area contributed by atoms with Gasteiger partial charge < -0.3 is 9.30 Å². The highest BCUT2D eigenvalue weighted by Crippen LogP contribution is 2.46. The van der Waals surface area contributed by atoms with Gasteiger partial charge in [-0.1, -0.05) is 59.6 Å². The SMILES string of the molecule is Cc1ccc(-c2c3c(=O)n(C)c(=O)n(C)c3c3n2-c2cc(C)ccc2OC3c2ccc(Cl)cc2)cc1. The van der Waals surface area contributed by atoms with E-state index in [4.69, 9.17) is 16.3 Å². The first kappa shape index (κ1) is 22.4. The normalized spacial score (nSPS) is 14.4. The van der Waals surface area contributed by atoms with Gasteiger partial charge in [0.1, 0.15) is 5.75 Å². The van der Waals surface area contributed by atoms with Crippen LogP contribution in [0.3, 0.4) is 0 Å². The van der Waals surface area contributed by atoms with Crippen LogP contribution in [0, 0.1) is 13.8 Å². The Balaban J connectivity index is 1.86. The number of hydrogen-bond donors (Lipinski definition) is 0. The molecule has 0 spiro atoms. The van der Waals surface area contributed by atoms with Crippen molar-refractivity contribution in [1.82, 2.24) is 13.7 Å². The van der Waals surface area contributed by atoms with Crippen LogP contribution < -0.4 is 16.0 Å². The van der Waals surface area contributed by atoms with Crippen molar-refractivity contribution in [3.63, 3.8) is 0 Å². The quantitative estimate of drug-likeness (QED) is 0.326. The van der Waals surface area contributed by atoms with E-state index < -0.39 is 6.10 Å². The van der Waals surface area contributed by atoms with Crippen LogP contribution in [0.25, 0.3) is 27.8 Å². The minimum atomic E-state index is -0.558. The first-order valence-electron chi connectivity index (χ1n) is 11.7. The summed E-state index contributed by atoms with van der Waals surface area (Å²) in [6.07, 6.45) is -0.558. The summed E-state index contributed by atoms with van der Waals surface area (Å²) in [7, 11) is 3.22. The lowest BCUT2D eigenvalue weighted by molar-refractivity contribution is 0.229. The van der Waals surface area contributed by atoms with Crippen molar-refractivity contribution in [2.24, 2.45) is 14.1 Å². The van der Waals surface area contributed by atoms with E-state index in [1.165, 1.54) is 11.6 Å². The molecule has 1 aliphatic rings. The Morgan fingerprint density at radius 2 is 1.50 bits per heavy atom. The van der Waals surface area contributed by atoms with Crippen molar-refractivity contribution in [2.75, 3.05) is 0 Å². The fourth-order valence-corrected chi connectivity index (χ4v) is 5.25. The fourth-order valence-electron chi connectivity index (χ4n) is 5.12. The van der Waals surface area contributed by atoms with Crippen LogP contribution in [0.2, 0.25) is 5.02 Å². The van der Waals surface area contributed by atoms with Gasteiger partial charge in [0.05, 0.1) is 28.0 Å². The average molecular weight is 498 g/mol. The molecule has 0 N–H and O–H groups in total. The average Bonchev–Trinajstić information content (AvgIpc) is 3.23. The molecule has 0 amide bonds. The second-order valence-corrected chi connectivity index (χ2v) is 9.82. The second-order valence-electron chi connectivity index (χ2n) is 9.39. The number of aromatic nitrogens is 3. The number of nitrogens with zero attached hydrogens (tertiary/aromatic N) is 3. The molecule has 0 fully saturated rings. The number of hydrogen-bond acceptors (Lipinski definition) is 3. The molecular formula is C29H24ClN3O3. The molecule has 0 bridgehead atoms. The Morgan fingerprint density at radius 3 is 2.19 bits per heavy atom. The summed E-state index contributed by atoms with van der Waals surface area (Å²) in [6, 6.07) is 21.6. The smallest absolute Gasteiger partial charge is 0.331 e. The van der Waals surface area contributed by atoms with Gasteiger partial charge in [0, 0.05) is 19.1 Å². The van der Waals surface area contributed by atoms with Crippen LogP contribution in [-0.2, 0) is 14.1 Å². The number of ether oxygens (including phenoxy) is 1. The monoisotopic (exact) mass is 497 g/mol. The number of rotatable bonds is 2. The van der Waals surface area contributed by atoms with E-state index in [1.807, 2.05) is 74.5 Å². The molecule has 6 nitrogen and oxygen atoms in total. The number of benzene rings is 3. The number of fused-ring (bicyclic) bond motifs is 5. The van der Waals surface area contributed by atoms with Crippen molar-refractivity contribution in [3.8, 4) is 22.7 Å². The predicted molar refractivity (Wildman–Crippen MR) is 143 cm³/mol. The fraction of sp³-hybridized carbons (Fsp3) is 0.172. The Labute approximate surface area is 212 Å². The zero-order valence-corrected chi connectivity index (χ0v) is 21.1. The van der Waals surface area contributed by atoms with Gasteiger partial charge in [-0.3, -0.25) is 13.9 Å². The van der Waals surface area contributed by atoms with E-state index in [0.29, 0.717) is 21.7 Å². The standard InChI is InChI=1S/C29H24ClN3O3/c1-16-5-8-18(9-6-16)24-23-25(31(3)29(35)32(4)28(23)34)26-27(19-10-12-20(30)13-11-19)36-22-14-7-17(2)15-21(22)33(24)26/h5-15,27H,1-4H3. The Kier molecular flexibility index (Phi) is 4.99. The van der Waals surface area contributed by atoms with Crippen molar-refractivity contribution in [3.05, 3.63) is 115 Å². The third-order valence-corrected chi connectivity index (χ3v) is 7.21. The minimum absolute atomic E-state index is 0.338. The molecule has 3 heterocycles. The van der Waals surface area contributed by atoms with E-state index in [9.17, 15) is 9.59 Å². The molecule has 36 heavy (non-hydrogen) atoms. The predicted octanol–water partition coefficient (Wildman–Crippen LogP) is 5.45. The summed E-state index contributed by atoms with van der Waals surface area (Å²) in [4.78, 5) is 26.9. The van der Waals surface area contributed by atoms with Gasteiger partial charge in [-0.25, -0.2) is 4.79 Å². The van der Waals surface area contributed by atoms with Crippen molar-refractivity contribution >= 4 is 22.5 Å². The summed E-state index contributed by atoms with van der Waals surface area (Å²) in [6.45, 7) is 4.05. The third kappa shape index (κ3) is 3.18. The van der Waals surface area contributed by atoms with Gasteiger partial charge >= 0.3 is 5.69 Å². The molecule has 180 valence electrons. The zero-order chi connectivity index (χ0) is 25.3. The van der Waals surface area contributed by atoms with E-state index >= 15 is 0 Å². The van der Waals surface area contributed by atoms with Crippen molar-refractivity contribution in [1.29, 1.82) is 0 Å². The molecule has 1 aliphatic heterocycles. The van der Waals surface area contributed by atoms with Gasteiger partial charge in [0.25, 0.3) is 5.56 Å². The summed E-state index contributed by atoms with van der Waals surface area (Å²) >= 11 is 6.19. The molecule has 0 radical (unpaired) electrons. The van der Waals surface area contributed by atoms with Gasteiger partial charge in [-0.05, 0) is 54.8 Å². The molecule has 1 unspecified atom stereocenters. The van der Waals surface area contributed by atoms with Crippen LogP contribution in [0.15, 0.2) is 76.3 Å². The van der Waals surface area contributed by atoms with Crippen LogP contribution in [0.1, 0.15) is 28.5 Å². The molecule has 0 aliphatic carbocycles. The largest absolute Gasteiger partial charge is 0.477 e. The summed E-state index contributed by atoms with van der Waals surface area (Å²) in [5.74, 6) is 0.698. The summed E-state index contributed by atoms with van der Waals surface area (Å²) in [5.41, 5.74) is 6.07. The molecule has 7 heteroatoms. The highest BCUT2D eigenvalue weighted by atomic mass is 35.5. The highest BCUT2D eigenvalue weighted by Gasteiger charge is 2.36. The minimum Gasteiger partial charge on any atom is -0.477 e. The molecule has 5 aromatic rings. The van der Waals surface area contributed by atoms with E-state index in [1.54, 1.807) is 11.6 Å². The van der Waals surface area contributed by atoms with Crippen molar-refractivity contribution in [2.45, 2.75) is 20.0 Å². The van der Waals surface area contributed by atoms with Crippen LogP contribution in [0.4, 0.5) is 0 Å². The lowest BCUT2D eigenvalue weighted by atomic mass is 10.0.